The van der Waals surface area contributed by atoms with Crippen molar-refractivity contribution in [2.24, 2.45) is 0 Å². The third kappa shape index (κ3) is 3.95. The summed E-state index contributed by atoms with van der Waals surface area (Å²) in [6, 6.07) is 0. The van der Waals surface area contributed by atoms with Crippen LogP contribution < -0.4 is 16.0 Å². The van der Waals surface area contributed by atoms with Gasteiger partial charge in [-0.3, -0.25) is 0 Å². The summed E-state index contributed by atoms with van der Waals surface area (Å²) >= 11 is 0. The number of hydrogen-bond acceptors (Lipinski definition) is 4. The maximum Gasteiger partial charge on any atom is 0.418 e. The first-order chi connectivity index (χ1) is 5.67. The lowest BCUT2D eigenvalue weighted by molar-refractivity contribution is -0.259. The van der Waals surface area contributed by atoms with E-state index < -0.39 is 24.4 Å². The molecule has 0 bridgehead atoms. The van der Waals surface area contributed by atoms with Crippen LogP contribution in [0.4, 0.5) is 18.0 Å². The molecule has 3 N–H and O–H groups in total. The molecule has 0 rings (SSSR count). The summed E-state index contributed by atoms with van der Waals surface area (Å²) in [5, 5.41) is 18.4. The Balaban J connectivity index is 3.97. The highest BCUT2D eigenvalue weighted by molar-refractivity contribution is 5.60. The summed E-state index contributed by atoms with van der Waals surface area (Å²) in [4.78, 5) is 9.69. The highest BCUT2D eigenvalue weighted by Gasteiger charge is 2.49. The van der Waals surface area contributed by atoms with Gasteiger partial charge in [-0.1, -0.05) is 0 Å². The van der Waals surface area contributed by atoms with Crippen molar-refractivity contribution >= 4 is 6.09 Å². The van der Waals surface area contributed by atoms with E-state index in [0.717, 1.165) is 0 Å². The number of nitrogens with one attached hydrogen (secondary N) is 2. The first kappa shape index (κ1) is 12.0. The molecule has 13 heavy (non-hydrogen) atoms. The third-order valence-corrected chi connectivity index (χ3v) is 1.23. The van der Waals surface area contributed by atoms with Gasteiger partial charge >= 0.3 is 6.18 Å². The second-order valence-electron chi connectivity index (χ2n) is 2.54. The maximum atomic E-state index is 11.9. The van der Waals surface area contributed by atoms with Crippen LogP contribution in [-0.2, 0) is 0 Å². The van der Waals surface area contributed by atoms with Crippen LogP contribution >= 0.6 is 0 Å². The minimum atomic E-state index is -4.83. The molecule has 0 spiro atoms. The molecule has 0 saturated carbocycles. The van der Waals surface area contributed by atoms with Crippen LogP contribution in [0.25, 0.3) is 0 Å². The molecule has 1 atom stereocenters. The van der Waals surface area contributed by atoms with Crippen LogP contribution in [0, 0.1) is 0 Å². The molecule has 0 radical (unpaired) electrons. The first-order valence-corrected chi connectivity index (χ1v) is 3.16. The van der Waals surface area contributed by atoms with E-state index in [2.05, 4.69) is 0 Å². The van der Waals surface area contributed by atoms with Crippen molar-refractivity contribution < 1.29 is 28.2 Å². The predicted octanol–water partition coefficient (Wildman–Crippen LogP) is -1.26. The highest BCUT2D eigenvalue weighted by Crippen LogP contribution is 2.28. The second-order valence-corrected chi connectivity index (χ2v) is 2.54. The van der Waals surface area contributed by atoms with E-state index >= 15 is 0 Å². The van der Waals surface area contributed by atoms with Crippen molar-refractivity contribution in [3.05, 3.63) is 0 Å². The Labute approximate surface area is 71.5 Å². The van der Waals surface area contributed by atoms with Crippen LogP contribution in [0.15, 0.2) is 0 Å². The number of rotatable bonds is 3. The first-order valence-electron chi connectivity index (χ1n) is 3.16. The van der Waals surface area contributed by atoms with E-state index in [1.807, 2.05) is 0 Å². The van der Waals surface area contributed by atoms with Gasteiger partial charge in [0.05, 0.1) is 6.54 Å². The van der Waals surface area contributed by atoms with E-state index in [1.165, 1.54) is 5.43 Å². The lowest BCUT2D eigenvalue weighted by atomic mass is 10.1. The van der Waals surface area contributed by atoms with Crippen LogP contribution in [0.5, 0.6) is 0 Å². The molecule has 0 aliphatic rings. The summed E-state index contributed by atoms with van der Waals surface area (Å²) in [7, 11) is 0. The molecule has 0 aromatic rings. The molecule has 0 aromatic carbocycles. The van der Waals surface area contributed by atoms with Crippen LogP contribution in [0.3, 0.4) is 0 Å². The topological polar surface area (TPSA) is 84.4 Å². The zero-order valence-corrected chi connectivity index (χ0v) is 6.60. The lowest BCUT2D eigenvalue weighted by Crippen LogP contribution is -2.55. The summed E-state index contributed by atoms with van der Waals surface area (Å²) in [6.07, 6.45) is -6.61. The van der Waals surface area contributed by atoms with E-state index in [4.69, 9.17) is 5.11 Å². The number of amides is 1. The van der Waals surface area contributed by atoms with E-state index in [-0.39, 0.29) is 0 Å². The molecular weight excluding hydrogens is 193 g/mol. The normalized spacial score (nSPS) is 16.4. The van der Waals surface area contributed by atoms with Crippen molar-refractivity contribution in [1.82, 2.24) is 10.9 Å². The zero-order chi connectivity index (χ0) is 10.7. The number of carbonyl (C=O) groups excluding carboxylic acids is 1. The Morgan fingerprint density at radius 2 is 2.00 bits per heavy atom. The van der Waals surface area contributed by atoms with Gasteiger partial charge in [0.2, 0.25) is 0 Å². The molecule has 0 aliphatic carbocycles. The van der Waals surface area contributed by atoms with Crippen molar-refractivity contribution in [2.45, 2.75) is 18.7 Å². The molecule has 78 valence electrons. The Hall–Kier alpha value is -1.02. The fourth-order valence-electron chi connectivity index (χ4n) is 0.389. The molecule has 0 fully saturated rings. The molecule has 0 saturated heterocycles. The van der Waals surface area contributed by atoms with E-state index in [1.54, 1.807) is 5.43 Å². The number of carbonyl (C=O) groups is 1. The number of halogens is 3. The Bertz CT molecular complexity index is 192. The standard InChI is InChI=1S/C5H9F3N2O3/c1-4(13,5(6,7)8)2-9-10-3(11)12/h9-10,13H,2H2,1H3,(H,11,12)/p-1/t4-/m0/s1. The molecule has 8 heteroatoms. The zero-order valence-electron chi connectivity index (χ0n) is 6.60. The van der Waals surface area contributed by atoms with Crippen molar-refractivity contribution in [2.75, 3.05) is 6.54 Å². The smallest absolute Gasteiger partial charge is 0.418 e. The minimum Gasteiger partial charge on any atom is -0.529 e. The summed E-state index contributed by atoms with van der Waals surface area (Å²) in [5.41, 5.74) is 0.0282. The van der Waals surface area contributed by atoms with Gasteiger partial charge in [0.25, 0.3) is 0 Å². The second kappa shape index (κ2) is 3.79. The van der Waals surface area contributed by atoms with E-state index in [0.29, 0.717) is 6.92 Å². The average Bonchev–Trinajstić information content (AvgIpc) is 1.82. The molecule has 0 aromatic heterocycles. The fourth-order valence-corrected chi connectivity index (χ4v) is 0.389. The number of carboxylic acid groups (broad SMARTS) is 1. The lowest BCUT2D eigenvalue weighted by Gasteiger charge is -2.26. The van der Waals surface area contributed by atoms with Gasteiger partial charge in [0, 0.05) is 0 Å². The molecule has 5 nitrogen and oxygen atoms in total. The number of aliphatic hydroxyl groups is 1. The van der Waals surface area contributed by atoms with Crippen LogP contribution in [0.2, 0.25) is 0 Å². The summed E-state index contributed by atoms with van der Waals surface area (Å²) in [6.45, 7) is -0.485. The van der Waals surface area contributed by atoms with E-state index in [9.17, 15) is 23.1 Å². The van der Waals surface area contributed by atoms with Crippen LogP contribution in [-0.4, -0.2) is 29.5 Å². The Kier molecular flexibility index (Phi) is 3.50. The predicted molar refractivity (Wildman–Crippen MR) is 33.2 cm³/mol. The molecular formula is C5H8F3N2O3-. The molecule has 0 heterocycles. The van der Waals surface area contributed by atoms with Gasteiger partial charge in [-0.25, -0.2) is 5.43 Å². The number of hydrogen-bond donors (Lipinski definition) is 3. The summed E-state index contributed by atoms with van der Waals surface area (Å²) < 4.78 is 35.6. The third-order valence-electron chi connectivity index (χ3n) is 1.23. The maximum absolute atomic E-state index is 11.9. The number of hydrazine groups is 1. The average molecular weight is 201 g/mol. The Morgan fingerprint density at radius 1 is 1.54 bits per heavy atom. The van der Waals surface area contributed by atoms with Gasteiger partial charge < -0.3 is 20.4 Å². The largest absolute Gasteiger partial charge is 0.529 e. The highest BCUT2D eigenvalue weighted by atomic mass is 19.4. The minimum absolute atomic E-state index is 0.511. The monoisotopic (exact) mass is 201 g/mol. The quantitative estimate of drug-likeness (QED) is 0.497. The number of alkyl halides is 3. The van der Waals surface area contributed by atoms with Crippen molar-refractivity contribution in [3.63, 3.8) is 0 Å². The Morgan fingerprint density at radius 3 is 2.31 bits per heavy atom. The molecule has 0 aliphatic heterocycles. The van der Waals surface area contributed by atoms with Gasteiger partial charge in [0.15, 0.2) is 5.60 Å². The molecule has 1 amide bonds. The SMILES string of the molecule is C[C@](O)(CNNC(=O)[O-])C(F)(F)F. The molecule has 0 unspecified atom stereocenters. The van der Waals surface area contributed by atoms with Gasteiger partial charge in [0.1, 0.15) is 6.09 Å². The van der Waals surface area contributed by atoms with Crippen LogP contribution in [0.1, 0.15) is 6.92 Å². The van der Waals surface area contributed by atoms with Crippen molar-refractivity contribution in [1.29, 1.82) is 0 Å². The summed E-state index contributed by atoms with van der Waals surface area (Å²) in [5.74, 6) is 0. The van der Waals surface area contributed by atoms with Gasteiger partial charge in [-0.05, 0) is 6.92 Å². The van der Waals surface area contributed by atoms with Gasteiger partial charge in [-0.15, -0.1) is 0 Å². The van der Waals surface area contributed by atoms with Gasteiger partial charge in [-0.2, -0.15) is 13.2 Å². The van der Waals surface area contributed by atoms with Crippen molar-refractivity contribution in [3.8, 4) is 0 Å². The fraction of sp³-hybridized carbons (Fsp3) is 0.800.